The van der Waals surface area contributed by atoms with E-state index in [-0.39, 0.29) is 5.82 Å². The Morgan fingerprint density at radius 2 is 1.74 bits per heavy atom. The molecule has 0 radical (unpaired) electrons. The molecule has 0 saturated heterocycles. The van der Waals surface area contributed by atoms with E-state index in [1.165, 1.54) is 11.9 Å². The number of hydrogen-bond donors (Lipinski definition) is 1. The Bertz CT molecular complexity index is 925. The zero-order valence-electron chi connectivity index (χ0n) is 18.7. The van der Waals surface area contributed by atoms with Crippen LogP contribution in [0.5, 0.6) is 11.5 Å². The van der Waals surface area contributed by atoms with E-state index in [0.717, 1.165) is 48.7 Å². The van der Waals surface area contributed by atoms with Gasteiger partial charge in [0.2, 0.25) is 0 Å². The van der Waals surface area contributed by atoms with Crippen molar-refractivity contribution in [3.63, 3.8) is 0 Å². The largest absolute Gasteiger partial charge is 0.497 e. The van der Waals surface area contributed by atoms with Crippen molar-refractivity contribution in [3.8, 4) is 11.5 Å². The number of methoxy groups -OCH3 is 2. The van der Waals surface area contributed by atoms with Crippen LogP contribution in [0.3, 0.4) is 0 Å². The van der Waals surface area contributed by atoms with Crippen LogP contribution in [0.25, 0.3) is 0 Å². The van der Waals surface area contributed by atoms with Crippen molar-refractivity contribution in [1.82, 2.24) is 14.7 Å². The van der Waals surface area contributed by atoms with Crippen molar-refractivity contribution >= 4 is 6.34 Å². The molecular weight excluding hydrogens is 395 g/mol. The third-order valence-electron chi connectivity index (χ3n) is 5.46. The van der Waals surface area contributed by atoms with Crippen molar-refractivity contribution in [2.45, 2.75) is 26.1 Å². The van der Waals surface area contributed by atoms with E-state index in [1.807, 2.05) is 42.4 Å². The maximum absolute atomic E-state index is 14.7. The highest BCUT2D eigenvalue weighted by atomic mass is 19.1. The summed E-state index contributed by atoms with van der Waals surface area (Å²) < 4.78 is 25.4. The molecule has 2 aromatic rings. The third kappa shape index (κ3) is 5.98. The second-order valence-corrected chi connectivity index (χ2v) is 7.90. The zero-order valence-corrected chi connectivity index (χ0v) is 18.7. The molecular formula is C24H31FN4O2. The minimum Gasteiger partial charge on any atom is -0.497 e. The highest BCUT2D eigenvalue weighted by Gasteiger charge is 2.19. The molecule has 31 heavy (non-hydrogen) atoms. The van der Waals surface area contributed by atoms with E-state index < -0.39 is 0 Å². The topological polar surface area (TPSA) is 52.0 Å². The number of nitrogens with zero attached hydrogens (tertiary/aromatic N) is 3. The van der Waals surface area contributed by atoms with Crippen molar-refractivity contribution in [1.29, 1.82) is 5.41 Å². The number of ether oxygens (including phenoxy) is 2. The van der Waals surface area contributed by atoms with Gasteiger partial charge < -0.3 is 19.3 Å². The Labute approximate surface area is 184 Å². The fraction of sp³-hybridized carbons (Fsp3) is 0.375. The van der Waals surface area contributed by atoms with Crippen LogP contribution in [0.15, 0.2) is 42.7 Å². The predicted molar refractivity (Wildman–Crippen MR) is 121 cm³/mol. The van der Waals surface area contributed by atoms with Crippen molar-refractivity contribution < 1.29 is 13.9 Å². The molecule has 0 bridgehead atoms. The highest BCUT2D eigenvalue weighted by molar-refractivity contribution is 5.51. The van der Waals surface area contributed by atoms with Gasteiger partial charge in [0.25, 0.3) is 0 Å². The number of nitrogens with one attached hydrogen (secondary N) is 1. The number of hydrogen-bond acceptors (Lipinski definition) is 5. The molecule has 0 aromatic heterocycles. The summed E-state index contributed by atoms with van der Waals surface area (Å²) in [5.74, 6) is 1.40. The summed E-state index contributed by atoms with van der Waals surface area (Å²) in [4.78, 5) is 5.90. The second-order valence-electron chi connectivity index (χ2n) is 7.90. The Hall–Kier alpha value is -3.06. The molecule has 0 fully saturated rings. The highest BCUT2D eigenvalue weighted by Crippen LogP contribution is 2.27. The molecule has 7 heteroatoms. The average molecular weight is 427 g/mol. The van der Waals surface area contributed by atoms with E-state index in [4.69, 9.17) is 14.9 Å². The smallest absolute Gasteiger partial charge is 0.128 e. The molecule has 0 spiro atoms. The minimum atomic E-state index is -0.162. The minimum absolute atomic E-state index is 0.162. The van der Waals surface area contributed by atoms with Crippen LogP contribution in [-0.4, -0.2) is 55.9 Å². The van der Waals surface area contributed by atoms with E-state index in [1.54, 1.807) is 38.4 Å². The first kappa shape index (κ1) is 22.6. The fourth-order valence-corrected chi connectivity index (χ4v) is 3.74. The quantitative estimate of drug-likeness (QED) is 0.488. The predicted octanol–water partition coefficient (Wildman–Crippen LogP) is 3.84. The molecule has 1 heterocycles. The third-order valence-corrected chi connectivity index (χ3v) is 5.46. The van der Waals surface area contributed by atoms with Crippen molar-refractivity contribution in [3.05, 3.63) is 70.8 Å². The van der Waals surface area contributed by atoms with E-state index in [2.05, 4.69) is 4.90 Å². The number of fused-ring (bicyclic) bond motifs is 1. The summed E-state index contributed by atoms with van der Waals surface area (Å²) in [6, 6.07) is 9.61. The molecule has 0 aliphatic carbocycles. The molecule has 0 unspecified atom stereocenters. The van der Waals surface area contributed by atoms with Gasteiger partial charge in [-0.3, -0.25) is 10.3 Å². The number of rotatable bonds is 9. The van der Waals surface area contributed by atoms with Crippen molar-refractivity contribution in [2.75, 3.05) is 34.9 Å². The molecule has 1 aliphatic rings. The summed E-state index contributed by atoms with van der Waals surface area (Å²) in [7, 11) is 6.99. The van der Waals surface area contributed by atoms with Crippen molar-refractivity contribution in [2.24, 2.45) is 0 Å². The number of halogens is 1. The summed E-state index contributed by atoms with van der Waals surface area (Å²) in [5, 5.41) is 7.21. The van der Waals surface area contributed by atoms with Gasteiger partial charge in [-0.15, -0.1) is 0 Å². The summed E-state index contributed by atoms with van der Waals surface area (Å²) in [5.41, 5.74) is 4.06. The molecule has 1 N–H and O–H groups in total. The van der Waals surface area contributed by atoms with Gasteiger partial charge in [0, 0.05) is 64.3 Å². The summed E-state index contributed by atoms with van der Waals surface area (Å²) >= 11 is 0. The fourth-order valence-electron chi connectivity index (χ4n) is 3.74. The van der Waals surface area contributed by atoms with Gasteiger partial charge >= 0.3 is 0 Å². The van der Waals surface area contributed by atoms with Crippen LogP contribution in [0.2, 0.25) is 0 Å². The SMILES string of the molecule is COc1cc(CN2CCc3cc(F)c(CN(C)/C=C\N(C)C=N)cc3C2)cc(OC)c1. The maximum Gasteiger partial charge on any atom is 0.128 e. The molecule has 1 aliphatic heterocycles. The first-order valence-corrected chi connectivity index (χ1v) is 10.3. The maximum atomic E-state index is 14.7. The van der Waals surface area contributed by atoms with Gasteiger partial charge in [-0.05, 0) is 47.4 Å². The first-order chi connectivity index (χ1) is 14.9. The van der Waals surface area contributed by atoms with Crippen LogP contribution < -0.4 is 9.47 Å². The van der Waals surface area contributed by atoms with Gasteiger partial charge in [-0.1, -0.05) is 0 Å². The molecule has 0 amide bonds. The second kappa shape index (κ2) is 10.3. The van der Waals surface area contributed by atoms with Crippen LogP contribution in [0.4, 0.5) is 4.39 Å². The average Bonchev–Trinajstić information content (AvgIpc) is 2.77. The standard InChI is InChI=1S/C24H31FN4O2/c1-27(7-8-28(2)17-26)15-21-11-20-16-29(6-5-19(20)12-24(21)25)14-18-9-22(30-3)13-23(10-18)31-4/h7-13,17,26H,5-6,14-16H2,1-4H3/b8-7-,26-17?. The van der Waals surface area contributed by atoms with E-state index in [9.17, 15) is 4.39 Å². The lowest BCUT2D eigenvalue weighted by Crippen LogP contribution is -2.30. The summed E-state index contributed by atoms with van der Waals surface area (Å²) in [6.07, 6.45) is 5.66. The monoisotopic (exact) mass is 426 g/mol. The van der Waals surface area contributed by atoms with E-state index >= 15 is 0 Å². The molecule has 0 saturated carbocycles. The van der Waals surface area contributed by atoms with Crippen LogP contribution in [0.1, 0.15) is 22.3 Å². The molecule has 0 atom stereocenters. The normalized spacial score (nSPS) is 13.7. The van der Waals surface area contributed by atoms with Gasteiger partial charge in [0.1, 0.15) is 17.3 Å². The van der Waals surface area contributed by atoms with Gasteiger partial charge in [-0.2, -0.15) is 0 Å². The molecule has 2 aromatic carbocycles. The lowest BCUT2D eigenvalue weighted by atomic mass is 9.96. The Kier molecular flexibility index (Phi) is 7.52. The molecule has 166 valence electrons. The Balaban J connectivity index is 1.72. The Morgan fingerprint density at radius 3 is 2.39 bits per heavy atom. The molecule has 3 rings (SSSR count). The summed E-state index contributed by atoms with van der Waals surface area (Å²) in [6.45, 7) is 2.90. The first-order valence-electron chi connectivity index (χ1n) is 10.3. The Morgan fingerprint density at radius 1 is 1.03 bits per heavy atom. The van der Waals surface area contributed by atoms with Gasteiger partial charge in [0.05, 0.1) is 20.6 Å². The van der Waals surface area contributed by atoms with E-state index in [0.29, 0.717) is 12.1 Å². The molecule has 6 nitrogen and oxygen atoms in total. The van der Waals surface area contributed by atoms with Crippen LogP contribution >= 0.6 is 0 Å². The zero-order chi connectivity index (χ0) is 22.4. The van der Waals surface area contributed by atoms with Gasteiger partial charge in [0.15, 0.2) is 0 Å². The van der Waals surface area contributed by atoms with Gasteiger partial charge in [-0.25, -0.2) is 4.39 Å². The lowest BCUT2D eigenvalue weighted by Gasteiger charge is -2.30. The lowest BCUT2D eigenvalue weighted by molar-refractivity contribution is 0.244. The van der Waals surface area contributed by atoms with Crippen LogP contribution in [-0.2, 0) is 26.1 Å². The number of benzene rings is 2. The van der Waals surface area contributed by atoms with Crippen LogP contribution in [0, 0.1) is 11.2 Å².